The van der Waals surface area contributed by atoms with Crippen molar-refractivity contribution < 1.29 is 9.53 Å². The molecule has 1 aliphatic rings. The second-order valence-corrected chi connectivity index (χ2v) is 7.25. The van der Waals surface area contributed by atoms with E-state index in [0.717, 1.165) is 34.4 Å². The van der Waals surface area contributed by atoms with Gasteiger partial charge in [0.15, 0.2) is 0 Å². The Kier molecular flexibility index (Phi) is 4.36. The summed E-state index contributed by atoms with van der Waals surface area (Å²) in [4.78, 5) is 23.5. The first-order chi connectivity index (χ1) is 12.3. The van der Waals surface area contributed by atoms with Gasteiger partial charge in [-0.3, -0.25) is 0 Å². The van der Waals surface area contributed by atoms with Gasteiger partial charge in [0.05, 0.1) is 12.5 Å². The summed E-state index contributed by atoms with van der Waals surface area (Å²) in [5, 5.41) is 4.39. The number of aryl methyl sites for hydroxylation is 2. The van der Waals surface area contributed by atoms with Crippen LogP contribution in [0.5, 0.6) is 0 Å². The van der Waals surface area contributed by atoms with Crippen LogP contribution in [0.25, 0.3) is 10.2 Å². The lowest BCUT2D eigenvalue weighted by Gasteiger charge is -2.18. The molecule has 0 aliphatic heterocycles. The number of rotatable bonds is 5. The van der Waals surface area contributed by atoms with Crippen LogP contribution in [0, 0.1) is 0 Å². The number of nitrogens with one attached hydrogen (secondary N) is 1. The number of fused-ring (bicyclic) bond motifs is 3. The minimum Gasteiger partial charge on any atom is -0.467 e. The number of thiophene rings is 1. The topological polar surface area (TPSA) is 64.1 Å². The zero-order chi connectivity index (χ0) is 17.2. The number of methoxy groups -OCH3 is 1. The normalized spacial score (nSPS) is 14.3. The first kappa shape index (κ1) is 16.0. The molecule has 1 N–H and O–H groups in total. The SMILES string of the molecule is COC(=O)[C@H](Cc1ccccc1)Nc1ncnc2sc3c(c12)CCC3. The van der Waals surface area contributed by atoms with Crippen LogP contribution in [0.4, 0.5) is 5.82 Å². The lowest BCUT2D eigenvalue weighted by Crippen LogP contribution is -2.33. The first-order valence-corrected chi connectivity index (χ1v) is 9.21. The molecular weight excluding hydrogens is 334 g/mol. The molecular formula is C19H19N3O2S. The highest BCUT2D eigenvalue weighted by atomic mass is 32.1. The fraction of sp³-hybridized carbons (Fsp3) is 0.316. The Balaban J connectivity index is 1.68. The van der Waals surface area contributed by atoms with Crippen LogP contribution < -0.4 is 5.32 Å². The molecule has 0 saturated heterocycles. The Bertz CT molecular complexity index is 908. The predicted molar refractivity (Wildman–Crippen MR) is 99.0 cm³/mol. The van der Waals surface area contributed by atoms with Crippen molar-refractivity contribution in [1.29, 1.82) is 0 Å². The molecule has 25 heavy (non-hydrogen) atoms. The summed E-state index contributed by atoms with van der Waals surface area (Å²) >= 11 is 1.74. The molecule has 0 amide bonds. The Morgan fingerprint density at radius 2 is 2.12 bits per heavy atom. The van der Waals surface area contributed by atoms with Gasteiger partial charge in [-0.1, -0.05) is 30.3 Å². The van der Waals surface area contributed by atoms with E-state index in [1.165, 1.54) is 24.0 Å². The smallest absolute Gasteiger partial charge is 0.328 e. The molecule has 3 aromatic rings. The third kappa shape index (κ3) is 3.09. The number of benzene rings is 1. The molecule has 0 saturated carbocycles. The number of esters is 1. The van der Waals surface area contributed by atoms with Gasteiger partial charge in [-0.25, -0.2) is 14.8 Å². The maximum atomic E-state index is 12.3. The number of ether oxygens (including phenoxy) is 1. The van der Waals surface area contributed by atoms with Crippen molar-refractivity contribution in [2.24, 2.45) is 0 Å². The molecule has 5 nitrogen and oxygen atoms in total. The largest absolute Gasteiger partial charge is 0.467 e. The van der Waals surface area contributed by atoms with Crippen LogP contribution in [0.2, 0.25) is 0 Å². The minimum atomic E-state index is -0.484. The van der Waals surface area contributed by atoms with E-state index in [2.05, 4.69) is 15.3 Å². The van der Waals surface area contributed by atoms with E-state index in [4.69, 9.17) is 4.74 Å². The molecule has 128 valence electrons. The van der Waals surface area contributed by atoms with Gasteiger partial charge in [0.1, 0.15) is 23.0 Å². The number of hydrogen-bond donors (Lipinski definition) is 1. The molecule has 0 unspecified atom stereocenters. The molecule has 2 heterocycles. The quantitative estimate of drug-likeness (QED) is 0.713. The minimum absolute atomic E-state index is 0.289. The van der Waals surface area contributed by atoms with Crippen LogP contribution >= 0.6 is 11.3 Å². The Hall–Kier alpha value is -2.47. The Labute approximate surface area is 150 Å². The highest BCUT2D eigenvalue weighted by Gasteiger charge is 2.25. The van der Waals surface area contributed by atoms with Gasteiger partial charge >= 0.3 is 5.97 Å². The van der Waals surface area contributed by atoms with Crippen molar-refractivity contribution in [3.05, 3.63) is 52.7 Å². The molecule has 0 spiro atoms. The summed E-state index contributed by atoms with van der Waals surface area (Å²) in [6.45, 7) is 0. The number of carbonyl (C=O) groups excluding carboxylic acids is 1. The zero-order valence-electron chi connectivity index (χ0n) is 14.0. The fourth-order valence-electron chi connectivity index (χ4n) is 3.39. The van der Waals surface area contributed by atoms with Crippen LogP contribution in [0.3, 0.4) is 0 Å². The van der Waals surface area contributed by atoms with Crippen molar-refractivity contribution in [2.75, 3.05) is 12.4 Å². The van der Waals surface area contributed by atoms with E-state index in [0.29, 0.717) is 6.42 Å². The maximum Gasteiger partial charge on any atom is 0.328 e. The predicted octanol–water partition coefficient (Wildman–Crippen LogP) is 3.38. The Morgan fingerprint density at radius 3 is 2.92 bits per heavy atom. The maximum absolute atomic E-state index is 12.3. The summed E-state index contributed by atoms with van der Waals surface area (Å²) in [5.41, 5.74) is 2.41. The number of hydrogen-bond acceptors (Lipinski definition) is 6. The highest BCUT2D eigenvalue weighted by Crippen LogP contribution is 2.39. The standard InChI is InChI=1S/C19H19N3O2S/c1-24-19(23)14(10-12-6-3-2-4-7-12)22-17-16-13-8-5-9-15(13)25-18(16)21-11-20-17/h2-4,6-7,11,14H,5,8-10H2,1H3,(H,20,21,22)/t14-/m0/s1. The molecule has 0 radical (unpaired) electrons. The molecule has 0 bridgehead atoms. The first-order valence-electron chi connectivity index (χ1n) is 8.40. The van der Waals surface area contributed by atoms with E-state index >= 15 is 0 Å². The third-order valence-corrected chi connectivity index (χ3v) is 5.78. The molecule has 4 rings (SSSR count). The van der Waals surface area contributed by atoms with Gasteiger partial charge in [0.2, 0.25) is 0 Å². The van der Waals surface area contributed by atoms with Crippen LogP contribution in [-0.2, 0) is 28.8 Å². The summed E-state index contributed by atoms with van der Waals surface area (Å²) in [6.07, 6.45) is 5.45. The molecule has 1 aliphatic carbocycles. The van der Waals surface area contributed by atoms with Crippen molar-refractivity contribution in [3.63, 3.8) is 0 Å². The average molecular weight is 353 g/mol. The van der Waals surface area contributed by atoms with Gasteiger partial charge in [-0.15, -0.1) is 11.3 Å². The second-order valence-electron chi connectivity index (χ2n) is 6.17. The second kappa shape index (κ2) is 6.80. The number of nitrogens with zero attached hydrogens (tertiary/aromatic N) is 2. The van der Waals surface area contributed by atoms with E-state index < -0.39 is 6.04 Å². The van der Waals surface area contributed by atoms with Crippen molar-refractivity contribution in [2.45, 2.75) is 31.7 Å². The summed E-state index contributed by atoms with van der Waals surface area (Å²) < 4.78 is 5.00. The van der Waals surface area contributed by atoms with Gasteiger partial charge < -0.3 is 10.1 Å². The van der Waals surface area contributed by atoms with Crippen LogP contribution in [0.15, 0.2) is 36.7 Å². The molecule has 1 aromatic carbocycles. The average Bonchev–Trinajstić information content (AvgIpc) is 3.22. The van der Waals surface area contributed by atoms with Crippen molar-refractivity contribution in [3.8, 4) is 0 Å². The number of carbonyl (C=O) groups is 1. The Morgan fingerprint density at radius 1 is 1.28 bits per heavy atom. The zero-order valence-corrected chi connectivity index (χ0v) is 14.8. The summed E-state index contributed by atoms with van der Waals surface area (Å²) in [6, 6.07) is 9.44. The molecule has 6 heteroatoms. The van der Waals surface area contributed by atoms with Gasteiger partial charge in [0.25, 0.3) is 0 Å². The van der Waals surface area contributed by atoms with E-state index in [1.54, 1.807) is 17.7 Å². The monoisotopic (exact) mass is 353 g/mol. The van der Waals surface area contributed by atoms with Gasteiger partial charge in [-0.05, 0) is 30.4 Å². The lowest BCUT2D eigenvalue weighted by molar-refractivity contribution is -0.141. The number of anilines is 1. The highest BCUT2D eigenvalue weighted by molar-refractivity contribution is 7.19. The van der Waals surface area contributed by atoms with Crippen LogP contribution in [-0.4, -0.2) is 29.1 Å². The fourth-order valence-corrected chi connectivity index (χ4v) is 4.62. The van der Waals surface area contributed by atoms with E-state index in [9.17, 15) is 4.79 Å². The van der Waals surface area contributed by atoms with Gasteiger partial charge in [-0.2, -0.15) is 0 Å². The molecule has 1 atom stereocenters. The lowest BCUT2D eigenvalue weighted by atomic mass is 10.1. The molecule has 2 aromatic heterocycles. The summed E-state index contributed by atoms with van der Waals surface area (Å²) in [7, 11) is 1.42. The molecule has 0 fully saturated rings. The van der Waals surface area contributed by atoms with E-state index in [-0.39, 0.29) is 5.97 Å². The van der Waals surface area contributed by atoms with E-state index in [1.807, 2.05) is 30.3 Å². The van der Waals surface area contributed by atoms with Gasteiger partial charge in [0, 0.05) is 11.3 Å². The van der Waals surface area contributed by atoms with Crippen molar-refractivity contribution >= 4 is 33.3 Å². The van der Waals surface area contributed by atoms with Crippen molar-refractivity contribution in [1.82, 2.24) is 9.97 Å². The number of aromatic nitrogens is 2. The van der Waals surface area contributed by atoms with Crippen LogP contribution in [0.1, 0.15) is 22.4 Å². The third-order valence-electron chi connectivity index (χ3n) is 4.58. The summed E-state index contributed by atoms with van der Waals surface area (Å²) in [5.74, 6) is 0.443.